The van der Waals surface area contributed by atoms with Crippen LogP contribution in [-0.4, -0.2) is 56.1 Å². The fourth-order valence-electron chi connectivity index (χ4n) is 5.86. The summed E-state index contributed by atoms with van der Waals surface area (Å²) in [7, 11) is 0. The average molecular weight is 684 g/mol. The van der Waals surface area contributed by atoms with Crippen molar-refractivity contribution in [2.75, 3.05) is 31.3 Å². The molecule has 10 heteroatoms. The van der Waals surface area contributed by atoms with E-state index in [-0.39, 0.29) is 36.5 Å². The highest BCUT2D eigenvalue weighted by atomic mass is 16.6. The predicted octanol–water partition coefficient (Wildman–Crippen LogP) is 7.62. The molecule has 0 aliphatic rings. The van der Waals surface area contributed by atoms with Gasteiger partial charge in [-0.1, -0.05) is 55.1 Å². The molecule has 6 rings (SSSR count). The summed E-state index contributed by atoms with van der Waals surface area (Å²) in [4.78, 5) is 63.2. The van der Waals surface area contributed by atoms with Gasteiger partial charge in [-0.25, -0.2) is 19.2 Å². The van der Waals surface area contributed by atoms with Gasteiger partial charge in [0.2, 0.25) is 0 Å². The van der Waals surface area contributed by atoms with E-state index in [4.69, 9.17) is 14.2 Å². The summed E-state index contributed by atoms with van der Waals surface area (Å²) >= 11 is 0. The number of esters is 4. The fourth-order valence-corrected chi connectivity index (χ4v) is 5.86. The number of carbonyl (C=O) groups excluding carboxylic acids is 5. The molecule has 0 aliphatic heterocycles. The number of Topliss-reactive ketones (excluding diaryl/α,β-unsaturated/α-hetero) is 1. The number of carbonyl (C=O) groups is 5. The van der Waals surface area contributed by atoms with Crippen LogP contribution in [0.1, 0.15) is 34.6 Å². The summed E-state index contributed by atoms with van der Waals surface area (Å²) in [6, 6.07) is 32.1. The highest BCUT2D eigenvalue weighted by Gasteiger charge is 2.22. The quantitative estimate of drug-likeness (QED) is 0.0395. The van der Waals surface area contributed by atoms with Crippen molar-refractivity contribution in [3.63, 3.8) is 0 Å². The van der Waals surface area contributed by atoms with E-state index in [0.717, 1.165) is 38.0 Å². The van der Waals surface area contributed by atoms with Crippen molar-refractivity contribution in [3.8, 4) is 0 Å². The number of hydrogen-bond donors (Lipinski definition) is 0. The van der Waals surface area contributed by atoms with E-state index < -0.39 is 36.3 Å². The lowest BCUT2D eigenvalue weighted by Crippen LogP contribution is -2.24. The second kappa shape index (κ2) is 14.9. The molecule has 10 nitrogen and oxygen atoms in total. The second-order valence-corrected chi connectivity index (χ2v) is 11.5. The van der Waals surface area contributed by atoms with E-state index >= 15 is 0 Å². The highest BCUT2D eigenvalue weighted by Crippen LogP contribution is 2.44. The van der Waals surface area contributed by atoms with Crippen LogP contribution in [0.25, 0.3) is 32.3 Å². The number of anilines is 3. The van der Waals surface area contributed by atoms with Crippen molar-refractivity contribution in [1.29, 1.82) is 0 Å². The smallest absolute Gasteiger partial charge is 0.378 e. The van der Waals surface area contributed by atoms with Gasteiger partial charge in [0.05, 0.1) is 35.6 Å². The Labute approximate surface area is 293 Å². The molecule has 0 unspecified atom stereocenters. The van der Waals surface area contributed by atoms with Gasteiger partial charge in [-0.05, 0) is 95.4 Å². The maximum atomic E-state index is 12.9. The summed E-state index contributed by atoms with van der Waals surface area (Å²) in [5, 5.41) is 6.46. The van der Waals surface area contributed by atoms with Gasteiger partial charge in [0, 0.05) is 16.8 Å². The van der Waals surface area contributed by atoms with Crippen molar-refractivity contribution < 1.29 is 42.9 Å². The predicted molar refractivity (Wildman–Crippen MR) is 193 cm³/mol. The molecule has 256 valence electrons. The van der Waals surface area contributed by atoms with E-state index in [1.807, 2.05) is 17.0 Å². The van der Waals surface area contributed by atoms with E-state index in [1.54, 1.807) is 62.4 Å². The number of benzene rings is 6. The van der Waals surface area contributed by atoms with Crippen LogP contribution in [0.15, 0.2) is 115 Å². The summed E-state index contributed by atoms with van der Waals surface area (Å²) in [6.45, 7) is 6.04. The highest BCUT2D eigenvalue weighted by molar-refractivity contribution is 6.34. The number of nitrogens with zero attached hydrogens (tertiary/aromatic N) is 1. The molecule has 0 aliphatic carbocycles. The van der Waals surface area contributed by atoms with Crippen molar-refractivity contribution >= 4 is 79.0 Å². The molecule has 0 heterocycles. The first-order chi connectivity index (χ1) is 24.7. The standard InChI is InChI=1S/C41H33NO9/c1-4-48-38(44)25(3)23-50-39(45)28-14-18-31(19-15-28)42(32-20-16-29(17-21-32)40(46)51-24-35(43)41(47)49-5-2)34-22-30-10-6-8-26-12-13-27-9-7-11-33(34)37(27)36(26)30/h6-22H,3-5,23-24H2,1-2H3. The Morgan fingerprint density at radius 3 is 1.67 bits per heavy atom. The minimum atomic E-state index is -1.06. The monoisotopic (exact) mass is 683 g/mol. The fraction of sp³-hybridized carbons (Fsp3) is 0.146. The van der Waals surface area contributed by atoms with Gasteiger partial charge in [0.1, 0.15) is 6.61 Å². The van der Waals surface area contributed by atoms with Crippen LogP contribution in [0, 0.1) is 0 Å². The molecule has 0 radical (unpaired) electrons. The summed E-state index contributed by atoms with van der Waals surface area (Å²) < 4.78 is 20.0. The first-order valence-electron chi connectivity index (χ1n) is 16.3. The third kappa shape index (κ3) is 7.11. The summed E-state index contributed by atoms with van der Waals surface area (Å²) in [5.74, 6) is -4.07. The zero-order valence-electron chi connectivity index (χ0n) is 28.0. The molecule has 6 aromatic rings. The van der Waals surface area contributed by atoms with Crippen LogP contribution < -0.4 is 4.90 Å². The molecule has 0 saturated carbocycles. The average Bonchev–Trinajstić information content (AvgIpc) is 3.15. The Balaban J connectivity index is 1.36. The molecule has 0 aromatic heterocycles. The number of ether oxygens (including phenoxy) is 4. The Morgan fingerprint density at radius 1 is 0.569 bits per heavy atom. The maximum Gasteiger partial charge on any atom is 0.378 e. The van der Waals surface area contributed by atoms with Crippen LogP contribution in [-0.2, 0) is 33.3 Å². The van der Waals surface area contributed by atoms with Crippen molar-refractivity contribution in [2.45, 2.75) is 13.8 Å². The van der Waals surface area contributed by atoms with Crippen LogP contribution in [0.2, 0.25) is 0 Å². The van der Waals surface area contributed by atoms with E-state index in [9.17, 15) is 24.0 Å². The van der Waals surface area contributed by atoms with Gasteiger partial charge >= 0.3 is 23.9 Å². The third-order valence-corrected chi connectivity index (χ3v) is 8.23. The van der Waals surface area contributed by atoms with Crippen LogP contribution in [0.3, 0.4) is 0 Å². The van der Waals surface area contributed by atoms with Gasteiger partial charge < -0.3 is 23.8 Å². The SMILES string of the molecule is C=C(COC(=O)c1ccc(N(c2ccc(C(=O)OCC(=O)C(=O)OCC)cc2)c2cc3cccc4ccc5cccc2c5c43)cc1)C(=O)OCC. The Hall–Kier alpha value is -6.55. The third-order valence-electron chi connectivity index (χ3n) is 8.23. The second-order valence-electron chi connectivity index (χ2n) is 11.5. The Bertz CT molecular complexity index is 2200. The molecular formula is C41H33NO9. The Kier molecular flexibility index (Phi) is 10.0. The lowest BCUT2D eigenvalue weighted by atomic mass is 9.92. The number of rotatable bonds is 13. The summed E-state index contributed by atoms with van der Waals surface area (Å²) in [6.07, 6.45) is 0. The van der Waals surface area contributed by atoms with Crippen molar-refractivity contribution in [2.24, 2.45) is 0 Å². The first-order valence-corrected chi connectivity index (χ1v) is 16.3. The van der Waals surface area contributed by atoms with Gasteiger partial charge in [0.15, 0.2) is 6.61 Å². The van der Waals surface area contributed by atoms with Crippen LogP contribution in [0.4, 0.5) is 17.1 Å². The van der Waals surface area contributed by atoms with E-state index in [2.05, 4.69) is 53.8 Å². The van der Waals surface area contributed by atoms with Crippen LogP contribution >= 0.6 is 0 Å². The maximum absolute atomic E-state index is 12.9. The zero-order valence-corrected chi connectivity index (χ0v) is 28.0. The molecule has 6 aromatic carbocycles. The van der Waals surface area contributed by atoms with Gasteiger partial charge in [-0.15, -0.1) is 0 Å². The summed E-state index contributed by atoms with van der Waals surface area (Å²) in [5.41, 5.74) is 2.70. The van der Waals surface area contributed by atoms with Gasteiger partial charge in [0.25, 0.3) is 5.78 Å². The van der Waals surface area contributed by atoms with Crippen LogP contribution in [0.5, 0.6) is 0 Å². The zero-order chi connectivity index (χ0) is 36.1. The largest absolute Gasteiger partial charge is 0.463 e. The van der Waals surface area contributed by atoms with Gasteiger partial charge in [-0.2, -0.15) is 0 Å². The molecular weight excluding hydrogens is 650 g/mol. The van der Waals surface area contributed by atoms with Crippen molar-refractivity contribution in [3.05, 3.63) is 126 Å². The number of hydrogen-bond acceptors (Lipinski definition) is 10. The molecule has 51 heavy (non-hydrogen) atoms. The molecule has 0 N–H and O–H groups in total. The normalized spacial score (nSPS) is 10.9. The van der Waals surface area contributed by atoms with Gasteiger partial charge in [-0.3, -0.25) is 4.79 Å². The molecule has 0 spiro atoms. The minimum Gasteiger partial charge on any atom is -0.463 e. The molecule has 0 fully saturated rings. The topological polar surface area (TPSA) is 126 Å². The van der Waals surface area contributed by atoms with E-state index in [0.29, 0.717) is 11.4 Å². The van der Waals surface area contributed by atoms with E-state index in [1.165, 1.54) is 0 Å². The Morgan fingerprint density at radius 2 is 1.08 bits per heavy atom. The molecule has 0 amide bonds. The first kappa shape index (κ1) is 34.3. The lowest BCUT2D eigenvalue weighted by molar-refractivity contribution is -0.154. The molecule has 0 atom stereocenters. The minimum absolute atomic E-state index is 0.0274. The molecule has 0 saturated heterocycles. The molecule has 0 bridgehead atoms. The van der Waals surface area contributed by atoms with Crippen molar-refractivity contribution in [1.82, 2.24) is 0 Å². The lowest BCUT2D eigenvalue weighted by Gasteiger charge is -2.28. The number of ketones is 1.